The molecular weight excluding hydrogens is 340 g/mol. The van der Waals surface area contributed by atoms with Crippen LogP contribution >= 0.6 is 15.9 Å². The molecule has 2 nitrogen and oxygen atoms in total. The highest BCUT2D eigenvalue weighted by Gasteiger charge is 2.21. The van der Waals surface area contributed by atoms with E-state index in [0.717, 1.165) is 38.4 Å². The van der Waals surface area contributed by atoms with Crippen molar-refractivity contribution < 1.29 is 9.47 Å². The highest BCUT2D eigenvalue weighted by Crippen LogP contribution is 2.44. The molecule has 0 N–H and O–H groups in total. The van der Waals surface area contributed by atoms with Gasteiger partial charge in [0, 0.05) is 15.6 Å². The fraction of sp³-hybridized carbons (Fsp3) is 0.263. The minimum Gasteiger partial charge on any atom is -0.493 e. The van der Waals surface area contributed by atoms with Gasteiger partial charge in [0.05, 0.1) is 6.61 Å². The largest absolute Gasteiger partial charge is 0.493 e. The van der Waals surface area contributed by atoms with E-state index in [4.69, 9.17) is 9.47 Å². The van der Waals surface area contributed by atoms with E-state index < -0.39 is 0 Å². The normalized spacial score (nSPS) is 13.2. The molecule has 0 fully saturated rings. The summed E-state index contributed by atoms with van der Waals surface area (Å²) in [4.78, 5) is 0. The van der Waals surface area contributed by atoms with E-state index in [1.54, 1.807) is 0 Å². The summed E-state index contributed by atoms with van der Waals surface area (Å²) in [7, 11) is 0. The molecule has 3 heteroatoms. The van der Waals surface area contributed by atoms with Crippen LogP contribution in [-0.2, 0) is 0 Å². The summed E-state index contributed by atoms with van der Waals surface area (Å²) in [5, 5.41) is 0. The molecule has 0 aliphatic carbocycles. The number of rotatable bonds is 2. The lowest BCUT2D eigenvalue weighted by molar-refractivity contribution is 0.197. The summed E-state index contributed by atoms with van der Waals surface area (Å²) < 4.78 is 12.9. The summed E-state index contributed by atoms with van der Waals surface area (Å²) in [5.41, 5.74) is 3.08. The summed E-state index contributed by atoms with van der Waals surface area (Å²) >= 11 is 3.50. The van der Waals surface area contributed by atoms with Crippen molar-refractivity contribution in [2.24, 2.45) is 5.41 Å². The quantitative estimate of drug-likeness (QED) is 0.555. The predicted molar refractivity (Wildman–Crippen MR) is 93.7 cm³/mol. The monoisotopic (exact) mass is 358 g/mol. The smallest absolute Gasteiger partial charge is 0.135 e. The van der Waals surface area contributed by atoms with Gasteiger partial charge in [0.25, 0.3) is 0 Å². The predicted octanol–water partition coefficient (Wildman–Crippen LogP) is 6.04. The Kier molecular flexibility index (Phi) is 3.77. The van der Waals surface area contributed by atoms with Gasteiger partial charge in [-0.1, -0.05) is 43.3 Å². The van der Waals surface area contributed by atoms with Crippen LogP contribution in [0.2, 0.25) is 0 Å². The molecular formula is C19H19BrO2. The first-order chi connectivity index (χ1) is 10.3. The second-order valence-electron chi connectivity index (χ2n) is 6.73. The van der Waals surface area contributed by atoms with Gasteiger partial charge >= 0.3 is 0 Å². The van der Waals surface area contributed by atoms with Crippen LogP contribution in [0.15, 0.2) is 47.4 Å². The van der Waals surface area contributed by atoms with E-state index in [0.29, 0.717) is 6.61 Å². The van der Waals surface area contributed by atoms with E-state index >= 15 is 0 Å². The molecule has 22 heavy (non-hydrogen) atoms. The van der Waals surface area contributed by atoms with Gasteiger partial charge in [-0.25, -0.2) is 0 Å². The van der Waals surface area contributed by atoms with Crippen LogP contribution in [-0.4, -0.2) is 6.61 Å². The lowest BCUT2D eigenvalue weighted by Gasteiger charge is -2.24. The molecule has 1 aliphatic heterocycles. The SMILES string of the molecule is C=C1c2cc(Br)ccc2Oc2ccc(OCC(C)(C)C)cc21. The van der Waals surface area contributed by atoms with Crippen LogP contribution in [0, 0.1) is 5.41 Å². The fourth-order valence-corrected chi connectivity index (χ4v) is 2.68. The molecule has 3 rings (SSSR count). The zero-order valence-corrected chi connectivity index (χ0v) is 14.7. The van der Waals surface area contributed by atoms with Gasteiger partial charge in [-0.05, 0) is 47.4 Å². The third-order valence-electron chi connectivity index (χ3n) is 3.43. The van der Waals surface area contributed by atoms with Crippen molar-refractivity contribution in [2.75, 3.05) is 6.61 Å². The Bertz CT molecular complexity index is 742. The maximum absolute atomic E-state index is 5.97. The Labute approximate surface area is 139 Å². The molecule has 2 aromatic carbocycles. The molecule has 0 amide bonds. The van der Waals surface area contributed by atoms with Crippen LogP contribution in [0.1, 0.15) is 31.9 Å². The maximum Gasteiger partial charge on any atom is 0.135 e. The van der Waals surface area contributed by atoms with Crippen molar-refractivity contribution in [2.45, 2.75) is 20.8 Å². The van der Waals surface area contributed by atoms with Gasteiger partial charge in [0.2, 0.25) is 0 Å². The van der Waals surface area contributed by atoms with Crippen LogP contribution in [0.25, 0.3) is 5.57 Å². The van der Waals surface area contributed by atoms with Crippen LogP contribution in [0.4, 0.5) is 0 Å². The van der Waals surface area contributed by atoms with Gasteiger partial charge in [-0.15, -0.1) is 0 Å². The second kappa shape index (κ2) is 5.47. The van der Waals surface area contributed by atoms with Crippen LogP contribution < -0.4 is 9.47 Å². The summed E-state index contributed by atoms with van der Waals surface area (Å²) in [6.07, 6.45) is 0. The third kappa shape index (κ3) is 3.05. The average molecular weight is 359 g/mol. The Morgan fingerprint density at radius 1 is 1.05 bits per heavy atom. The number of fused-ring (bicyclic) bond motifs is 2. The van der Waals surface area contributed by atoms with E-state index in [9.17, 15) is 0 Å². The van der Waals surface area contributed by atoms with Crippen LogP contribution in [0.3, 0.4) is 0 Å². The Morgan fingerprint density at radius 2 is 1.68 bits per heavy atom. The van der Waals surface area contributed by atoms with Crippen LogP contribution in [0.5, 0.6) is 17.2 Å². The molecule has 0 saturated carbocycles. The van der Waals surface area contributed by atoms with Gasteiger partial charge < -0.3 is 9.47 Å². The zero-order chi connectivity index (χ0) is 15.9. The Hall–Kier alpha value is -1.74. The van der Waals surface area contributed by atoms with Crippen molar-refractivity contribution >= 4 is 21.5 Å². The maximum atomic E-state index is 5.97. The number of benzene rings is 2. The summed E-state index contributed by atoms with van der Waals surface area (Å²) in [5.74, 6) is 2.50. The second-order valence-corrected chi connectivity index (χ2v) is 7.64. The molecule has 0 saturated heterocycles. The highest BCUT2D eigenvalue weighted by molar-refractivity contribution is 9.10. The van der Waals surface area contributed by atoms with Crippen molar-refractivity contribution in [3.05, 3.63) is 58.6 Å². The molecule has 0 unspecified atom stereocenters. The number of hydrogen-bond donors (Lipinski definition) is 0. The molecule has 0 spiro atoms. The average Bonchev–Trinajstić information content (AvgIpc) is 2.46. The number of halogens is 1. The van der Waals surface area contributed by atoms with E-state index in [-0.39, 0.29) is 5.41 Å². The highest BCUT2D eigenvalue weighted by atomic mass is 79.9. The topological polar surface area (TPSA) is 18.5 Å². The molecule has 1 heterocycles. The molecule has 0 aromatic heterocycles. The zero-order valence-electron chi connectivity index (χ0n) is 13.1. The summed E-state index contributed by atoms with van der Waals surface area (Å²) in [6.45, 7) is 11.4. The first-order valence-electron chi connectivity index (χ1n) is 7.27. The van der Waals surface area contributed by atoms with Gasteiger partial charge in [0.15, 0.2) is 0 Å². The van der Waals surface area contributed by atoms with E-state index in [1.807, 2.05) is 36.4 Å². The fourth-order valence-electron chi connectivity index (χ4n) is 2.31. The number of hydrogen-bond acceptors (Lipinski definition) is 2. The number of ether oxygens (including phenoxy) is 2. The minimum atomic E-state index is 0.126. The summed E-state index contributed by atoms with van der Waals surface area (Å²) in [6, 6.07) is 11.9. The molecule has 0 bridgehead atoms. The standard InChI is InChI=1S/C19H19BrO2/c1-12-15-9-13(20)5-7-17(15)22-18-8-6-14(10-16(12)18)21-11-19(2,3)4/h5-10H,1,11H2,2-4H3. The van der Waals surface area contributed by atoms with Gasteiger partial charge in [-0.2, -0.15) is 0 Å². The molecule has 114 valence electrons. The van der Waals surface area contributed by atoms with Crippen molar-refractivity contribution in [1.29, 1.82) is 0 Å². The van der Waals surface area contributed by atoms with Crippen molar-refractivity contribution in [1.82, 2.24) is 0 Å². The lowest BCUT2D eigenvalue weighted by atomic mass is 9.95. The van der Waals surface area contributed by atoms with E-state index in [1.165, 1.54) is 0 Å². The van der Waals surface area contributed by atoms with Gasteiger partial charge in [0.1, 0.15) is 17.2 Å². The van der Waals surface area contributed by atoms with Crippen molar-refractivity contribution in [3.8, 4) is 17.2 Å². The molecule has 0 atom stereocenters. The Balaban J connectivity index is 1.92. The lowest BCUT2D eigenvalue weighted by Crippen LogP contribution is -2.17. The third-order valence-corrected chi connectivity index (χ3v) is 3.93. The molecule has 1 aliphatic rings. The first kappa shape index (κ1) is 15.2. The first-order valence-corrected chi connectivity index (χ1v) is 8.07. The Morgan fingerprint density at radius 3 is 2.36 bits per heavy atom. The minimum absolute atomic E-state index is 0.126. The van der Waals surface area contributed by atoms with Gasteiger partial charge in [-0.3, -0.25) is 0 Å². The van der Waals surface area contributed by atoms with E-state index in [2.05, 4.69) is 43.3 Å². The van der Waals surface area contributed by atoms with Crippen molar-refractivity contribution in [3.63, 3.8) is 0 Å². The molecule has 2 aromatic rings. The molecule has 0 radical (unpaired) electrons.